The quantitative estimate of drug-likeness (QED) is 0.452. The Morgan fingerprint density at radius 1 is 0.967 bits per heavy atom. The molecule has 0 saturated carbocycles. The lowest BCUT2D eigenvalue weighted by Crippen LogP contribution is -2.36. The molecule has 3 heterocycles. The van der Waals surface area contributed by atoms with Crippen LogP contribution in [0.2, 0.25) is 0 Å². The number of benzene rings is 2. The highest BCUT2D eigenvalue weighted by Crippen LogP contribution is 2.34. The smallest absolute Gasteiger partial charge is 0.262 e. The van der Waals surface area contributed by atoms with Gasteiger partial charge in [-0.25, -0.2) is 4.98 Å². The van der Waals surface area contributed by atoms with Gasteiger partial charge in [-0.1, -0.05) is 54.1 Å². The molecule has 0 atom stereocenters. The highest BCUT2D eigenvalue weighted by atomic mass is 32.1. The van der Waals surface area contributed by atoms with E-state index in [0.29, 0.717) is 0 Å². The van der Waals surface area contributed by atoms with Gasteiger partial charge in [0.1, 0.15) is 10.7 Å². The Morgan fingerprint density at radius 2 is 1.70 bits per heavy atom. The van der Waals surface area contributed by atoms with Gasteiger partial charge in [-0.05, 0) is 57.6 Å². The SMILES string of the molecule is Cc1cccc(-c2nc3sc(-c4ccccc4)cc3c(=O)n2C2CCN(C)CC2)c1. The van der Waals surface area contributed by atoms with E-state index in [2.05, 4.69) is 49.2 Å². The molecule has 0 unspecified atom stereocenters. The summed E-state index contributed by atoms with van der Waals surface area (Å²) in [6.45, 7) is 4.08. The third-order valence-corrected chi connectivity index (χ3v) is 7.06. The van der Waals surface area contributed by atoms with Crippen LogP contribution in [-0.2, 0) is 0 Å². The van der Waals surface area contributed by atoms with Crippen LogP contribution in [0.3, 0.4) is 0 Å². The van der Waals surface area contributed by atoms with Gasteiger partial charge in [0, 0.05) is 16.5 Å². The van der Waals surface area contributed by atoms with Gasteiger partial charge in [0.15, 0.2) is 0 Å². The van der Waals surface area contributed by atoms with Crippen LogP contribution in [0, 0.1) is 6.92 Å². The summed E-state index contributed by atoms with van der Waals surface area (Å²) in [5.41, 5.74) is 3.41. The predicted octanol–water partition coefficient (Wildman–Crippen LogP) is 5.37. The molecule has 2 aromatic carbocycles. The van der Waals surface area contributed by atoms with E-state index in [0.717, 1.165) is 58.0 Å². The Bertz CT molecular complexity index is 1250. The van der Waals surface area contributed by atoms with Gasteiger partial charge in [0.25, 0.3) is 5.56 Å². The third-order valence-electron chi connectivity index (χ3n) is 5.99. The molecule has 5 rings (SSSR count). The molecule has 30 heavy (non-hydrogen) atoms. The predicted molar refractivity (Wildman–Crippen MR) is 125 cm³/mol. The van der Waals surface area contributed by atoms with Crippen LogP contribution in [0.15, 0.2) is 65.5 Å². The normalized spacial score (nSPS) is 15.7. The van der Waals surface area contributed by atoms with Crippen molar-refractivity contribution in [2.24, 2.45) is 0 Å². The molecule has 2 aromatic heterocycles. The molecule has 0 N–H and O–H groups in total. The van der Waals surface area contributed by atoms with Gasteiger partial charge in [0.2, 0.25) is 0 Å². The molecule has 0 aliphatic carbocycles. The molecule has 0 bridgehead atoms. The minimum atomic E-state index is 0.0875. The first-order valence-corrected chi connectivity index (χ1v) is 11.3. The summed E-state index contributed by atoms with van der Waals surface area (Å²) in [7, 11) is 2.15. The molecule has 0 spiro atoms. The maximum Gasteiger partial charge on any atom is 0.262 e. The summed E-state index contributed by atoms with van der Waals surface area (Å²) in [6, 6.07) is 20.8. The zero-order valence-corrected chi connectivity index (χ0v) is 18.2. The van der Waals surface area contributed by atoms with Crippen molar-refractivity contribution in [1.82, 2.24) is 14.5 Å². The first-order valence-electron chi connectivity index (χ1n) is 10.5. The Labute approximate surface area is 180 Å². The largest absolute Gasteiger partial charge is 0.306 e. The minimum absolute atomic E-state index is 0.0875. The maximum absolute atomic E-state index is 13.7. The molecule has 0 radical (unpaired) electrons. The molecular formula is C25H25N3OS. The molecule has 1 aliphatic rings. The van der Waals surface area contributed by atoms with Crippen molar-refractivity contribution in [3.63, 3.8) is 0 Å². The number of hydrogen-bond donors (Lipinski definition) is 0. The van der Waals surface area contributed by atoms with Gasteiger partial charge >= 0.3 is 0 Å². The molecule has 4 aromatic rings. The topological polar surface area (TPSA) is 38.1 Å². The average Bonchev–Trinajstić information content (AvgIpc) is 3.20. The number of aromatic nitrogens is 2. The number of aryl methyl sites for hydroxylation is 1. The number of rotatable bonds is 3. The molecule has 4 nitrogen and oxygen atoms in total. The summed E-state index contributed by atoms with van der Waals surface area (Å²) >= 11 is 1.60. The second kappa shape index (κ2) is 7.82. The Balaban J connectivity index is 1.73. The number of nitrogens with zero attached hydrogens (tertiary/aromatic N) is 3. The van der Waals surface area contributed by atoms with Crippen molar-refractivity contribution in [2.45, 2.75) is 25.8 Å². The average molecular weight is 416 g/mol. The van der Waals surface area contributed by atoms with Crippen LogP contribution < -0.4 is 5.56 Å². The molecule has 5 heteroatoms. The maximum atomic E-state index is 13.7. The monoisotopic (exact) mass is 415 g/mol. The second-order valence-electron chi connectivity index (χ2n) is 8.21. The third kappa shape index (κ3) is 3.48. The lowest BCUT2D eigenvalue weighted by molar-refractivity contribution is 0.219. The van der Waals surface area contributed by atoms with Crippen molar-refractivity contribution in [3.05, 3.63) is 76.6 Å². The first-order chi connectivity index (χ1) is 14.6. The summed E-state index contributed by atoms with van der Waals surface area (Å²) in [5, 5.41) is 0.731. The fourth-order valence-electron chi connectivity index (χ4n) is 4.32. The number of thiophene rings is 1. The Kier molecular flexibility index (Phi) is 5.01. The van der Waals surface area contributed by atoms with E-state index in [1.165, 1.54) is 5.56 Å². The van der Waals surface area contributed by atoms with Crippen LogP contribution in [0.25, 0.3) is 32.0 Å². The minimum Gasteiger partial charge on any atom is -0.306 e. The number of likely N-dealkylation sites (tertiary alicyclic amines) is 1. The fraction of sp³-hybridized carbons (Fsp3) is 0.280. The van der Waals surface area contributed by atoms with E-state index in [4.69, 9.17) is 4.98 Å². The van der Waals surface area contributed by atoms with E-state index in [1.807, 2.05) is 34.9 Å². The summed E-state index contributed by atoms with van der Waals surface area (Å²) in [4.78, 5) is 23.0. The Hall–Kier alpha value is -2.76. The molecule has 1 fully saturated rings. The second-order valence-corrected chi connectivity index (χ2v) is 9.24. The van der Waals surface area contributed by atoms with Crippen LogP contribution in [0.5, 0.6) is 0 Å². The fourth-order valence-corrected chi connectivity index (χ4v) is 5.35. The van der Waals surface area contributed by atoms with Gasteiger partial charge in [-0.2, -0.15) is 0 Å². The molecule has 1 aliphatic heterocycles. The summed E-state index contributed by atoms with van der Waals surface area (Å²) in [5.74, 6) is 0.798. The van der Waals surface area contributed by atoms with Crippen LogP contribution >= 0.6 is 11.3 Å². The van der Waals surface area contributed by atoms with Crippen molar-refractivity contribution < 1.29 is 0 Å². The molecule has 152 valence electrons. The highest BCUT2D eigenvalue weighted by molar-refractivity contribution is 7.21. The molecule has 1 saturated heterocycles. The van der Waals surface area contributed by atoms with Gasteiger partial charge in [-0.3, -0.25) is 9.36 Å². The summed E-state index contributed by atoms with van der Waals surface area (Å²) < 4.78 is 1.98. The van der Waals surface area contributed by atoms with Crippen molar-refractivity contribution in [3.8, 4) is 21.8 Å². The number of hydrogen-bond acceptors (Lipinski definition) is 4. The van der Waals surface area contributed by atoms with Crippen molar-refractivity contribution >= 4 is 21.6 Å². The van der Waals surface area contributed by atoms with Crippen LogP contribution in [-0.4, -0.2) is 34.6 Å². The standard InChI is InChI=1S/C25H25N3OS/c1-17-7-6-10-19(15-17)23-26-24-21(16-22(30-24)18-8-4-3-5-9-18)25(29)28(23)20-11-13-27(2)14-12-20/h3-10,15-16,20H,11-14H2,1-2H3. The van der Waals surface area contributed by atoms with Gasteiger partial charge < -0.3 is 4.90 Å². The van der Waals surface area contributed by atoms with Crippen LogP contribution in [0.4, 0.5) is 0 Å². The van der Waals surface area contributed by atoms with Crippen molar-refractivity contribution in [2.75, 3.05) is 20.1 Å². The van der Waals surface area contributed by atoms with E-state index >= 15 is 0 Å². The number of fused-ring (bicyclic) bond motifs is 1. The molecule has 0 amide bonds. The van der Waals surface area contributed by atoms with Gasteiger partial charge in [-0.15, -0.1) is 11.3 Å². The first kappa shape index (κ1) is 19.2. The number of piperidine rings is 1. The Morgan fingerprint density at radius 3 is 2.43 bits per heavy atom. The van der Waals surface area contributed by atoms with E-state index in [9.17, 15) is 4.79 Å². The van der Waals surface area contributed by atoms with Crippen LogP contribution in [0.1, 0.15) is 24.4 Å². The molecular weight excluding hydrogens is 390 g/mol. The van der Waals surface area contributed by atoms with E-state index < -0.39 is 0 Å². The van der Waals surface area contributed by atoms with E-state index in [1.54, 1.807) is 11.3 Å². The lowest BCUT2D eigenvalue weighted by Gasteiger charge is -2.31. The summed E-state index contributed by atoms with van der Waals surface area (Å²) in [6.07, 6.45) is 1.94. The zero-order chi connectivity index (χ0) is 20.7. The highest BCUT2D eigenvalue weighted by Gasteiger charge is 2.25. The van der Waals surface area contributed by atoms with Crippen molar-refractivity contribution in [1.29, 1.82) is 0 Å². The van der Waals surface area contributed by atoms with E-state index in [-0.39, 0.29) is 11.6 Å². The van der Waals surface area contributed by atoms with Gasteiger partial charge in [0.05, 0.1) is 5.39 Å². The lowest BCUT2D eigenvalue weighted by atomic mass is 10.0. The zero-order valence-electron chi connectivity index (χ0n) is 17.3.